The number of halogens is 1. The SMILES string of the molecule is Cn1cc(-c2cc(-c3ccc(F)cc3)ccc2C#N)nn1. The van der Waals surface area contributed by atoms with Crippen LogP contribution in [-0.2, 0) is 7.05 Å². The van der Waals surface area contributed by atoms with E-state index in [1.165, 1.54) is 12.1 Å². The van der Waals surface area contributed by atoms with Crippen LogP contribution in [0.4, 0.5) is 4.39 Å². The lowest BCUT2D eigenvalue weighted by atomic mass is 9.98. The minimum atomic E-state index is -0.276. The number of aryl methyl sites for hydroxylation is 1. The number of hydrogen-bond acceptors (Lipinski definition) is 3. The third kappa shape index (κ3) is 2.51. The Morgan fingerprint density at radius 3 is 2.43 bits per heavy atom. The molecule has 5 heteroatoms. The van der Waals surface area contributed by atoms with E-state index in [4.69, 9.17) is 0 Å². The Bertz CT molecular complexity index is 828. The molecule has 3 aromatic rings. The van der Waals surface area contributed by atoms with E-state index in [1.54, 1.807) is 36.1 Å². The summed E-state index contributed by atoms with van der Waals surface area (Å²) in [5.41, 5.74) is 3.66. The van der Waals surface area contributed by atoms with Gasteiger partial charge in [-0.05, 0) is 35.4 Å². The Kier molecular flexibility index (Phi) is 3.20. The first-order chi connectivity index (χ1) is 10.2. The van der Waals surface area contributed by atoms with Gasteiger partial charge in [-0.1, -0.05) is 23.4 Å². The molecule has 0 amide bonds. The van der Waals surface area contributed by atoms with Crippen LogP contribution < -0.4 is 0 Å². The van der Waals surface area contributed by atoms with Crippen LogP contribution >= 0.6 is 0 Å². The van der Waals surface area contributed by atoms with Crippen molar-refractivity contribution < 1.29 is 4.39 Å². The Morgan fingerprint density at radius 2 is 1.81 bits per heavy atom. The minimum Gasteiger partial charge on any atom is -0.255 e. The molecule has 0 saturated heterocycles. The van der Waals surface area contributed by atoms with Crippen LogP contribution in [0.1, 0.15) is 5.56 Å². The highest BCUT2D eigenvalue weighted by atomic mass is 19.1. The number of hydrogen-bond donors (Lipinski definition) is 0. The van der Waals surface area contributed by atoms with Crippen molar-refractivity contribution in [3.05, 3.63) is 60.0 Å². The number of rotatable bonds is 2. The first kappa shape index (κ1) is 13.0. The third-order valence-electron chi connectivity index (χ3n) is 3.20. The quantitative estimate of drug-likeness (QED) is 0.723. The van der Waals surface area contributed by atoms with E-state index in [-0.39, 0.29) is 5.82 Å². The molecule has 0 aliphatic heterocycles. The van der Waals surface area contributed by atoms with Gasteiger partial charge in [0.05, 0.1) is 17.8 Å². The maximum absolute atomic E-state index is 13.0. The van der Waals surface area contributed by atoms with Gasteiger partial charge < -0.3 is 0 Å². The fourth-order valence-corrected chi connectivity index (χ4v) is 2.15. The van der Waals surface area contributed by atoms with Gasteiger partial charge in [0.1, 0.15) is 11.5 Å². The van der Waals surface area contributed by atoms with Gasteiger partial charge in [-0.3, -0.25) is 4.68 Å². The normalized spacial score (nSPS) is 10.3. The molecule has 0 N–H and O–H groups in total. The van der Waals surface area contributed by atoms with E-state index in [1.807, 2.05) is 12.1 Å². The zero-order valence-corrected chi connectivity index (χ0v) is 11.3. The minimum absolute atomic E-state index is 0.276. The molecular formula is C16H11FN4. The van der Waals surface area contributed by atoms with Crippen molar-refractivity contribution in [2.24, 2.45) is 7.05 Å². The molecule has 1 aromatic heterocycles. The molecule has 0 radical (unpaired) electrons. The molecule has 0 saturated carbocycles. The lowest BCUT2D eigenvalue weighted by Crippen LogP contribution is -1.87. The van der Waals surface area contributed by atoms with Gasteiger partial charge in [0.2, 0.25) is 0 Å². The summed E-state index contributed by atoms with van der Waals surface area (Å²) in [6, 6.07) is 13.8. The fourth-order valence-electron chi connectivity index (χ4n) is 2.15. The highest BCUT2D eigenvalue weighted by Crippen LogP contribution is 2.28. The average molecular weight is 278 g/mol. The molecule has 0 unspecified atom stereocenters. The third-order valence-corrected chi connectivity index (χ3v) is 3.20. The fraction of sp³-hybridized carbons (Fsp3) is 0.0625. The highest BCUT2D eigenvalue weighted by molar-refractivity contribution is 5.75. The van der Waals surface area contributed by atoms with Crippen molar-refractivity contribution in [1.29, 1.82) is 5.26 Å². The Morgan fingerprint density at radius 1 is 1.10 bits per heavy atom. The molecule has 1 heterocycles. The monoisotopic (exact) mass is 278 g/mol. The molecule has 0 fully saturated rings. The topological polar surface area (TPSA) is 54.5 Å². The summed E-state index contributed by atoms with van der Waals surface area (Å²) in [6.45, 7) is 0. The largest absolute Gasteiger partial charge is 0.255 e. The van der Waals surface area contributed by atoms with Crippen LogP contribution in [0.5, 0.6) is 0 Å². The molecule has 2 aromatic carbocycles. The lowest BCUT2D eigenvalue weighted by molar-refractivity contribution is 0.628. The first-order valence-corrected chi connectivity index (χ1v) is 6.34. The van der Waals surface area contributed by atoms with E-state index in [0.717, 1.165) is 11.1 Å². The second-order valence-electron chi connectivity index (χ2n) is 4.66. The Labute approximate surface area is 121 Å². The smallest absolute Gasteiger partial charge is 0.123 e. The summed E-state index contributed by atoms with van der Waals surface area (Å²) in [5.74, 6) is -0.276. The molecule has 3 rings (SSSR count). The van der Waals surface area contributed by atoms with Gasteiger partial charge in [-0.2, -0.15) is 5.26 Å². The molecule has 0 atom stereocenters. The summed E-state index contributed by atoms with van der Waals surface area (Å²) in [5, 5.41) is 17.2. The molecular weight excluding hydrogens is 267 g/mol. The van der Waals surface area contributed by atoms with E-state index in [0.29, 0.717) is 16.8 Å². The number of nitrogens with zero attached hydrogens (tertiary/aromatic N) is 4. The predicted octanol–water partition coefficient (Wildman–Crippen LogP) is 3.16. The second-order valence-corrected chi connectivity index (χ2v) is 4.66. The van der Waals surface area contributed by atoms with Crippen LogP contribution in [0.2, 0.25) is 0 Å². The highest BCUT2D eigenvalue weighted by Gasteiger charge is 2.10. The van der Waals surface area contributed by atoms with Gasteiger partial charge in [0, 0.05) is 12.6 Å². The summed E-state index contributed by atoms with van der Waals surface area (Å²) in [7, 11) is 1.77. The van der Waals surface area contributed by atoms with Crippen molar-refractivity contribution in [3.8, 4) is 28.5 Å². The van der Waals surface area contributed by atoms with Crippen molar-refractivity contribution in [3.63, 3.8) is 0 Å². The first-order valence-electron chi connectivity index (χ1n) is 6.34. The molecule has 0 aliphatic rings. The van der Waals surface area contributed by atoms with E-state index >= 15 is 0 Å². The van der Waals surface area contributed by atoms with Crippen LogP contribution in [-0.4, -0.2) is 15.0 Å². The molecule has 102 valence electrons. The summed E-state index contributed by atoms with van der Waals surface area (Å²) in [4.78, 5) is 0. The van der Waals surface area contributed by atoms with Crippen LogP contribution in [0, 0.1) is 17.1 Å². The maximum Gasteiger partial charge on any atom is 0.123 e. The van der Waals surface area contributed by atoms with Crippen LogP contribution in [0.3, 0.4) is 0 Å². The van der Waals surface area contributed by atoms with Crippen LogP contribution in [0.15, 0.2) is 48.7 Å². The van der Waals surface area contributed by atoms with Crippen LogP contribution in [0.25, 0.3) is 22.4 Å². The zero-order chi connectivity index (χ0) is 14.8. The molecule has 21 heavy (non-hydrogen) atoms. The number of nitriles is 1. The number of benzene rings is 2. The second kappa shape index (κ2) is 5.17. The maximum atomic E-state index is 13.0. The lowest BCUT2D eigenvalue weighted by Gasteiger charge is -2.06. The van der Waals surface area contributed by atoms with Crippen molar-refractivity contribution >= 4 is 0 Å². The van der Waals surface area contributed by atoms with Gasteiger partial charge in [-0.15, -0.1) is 5.10 Å². The average Bonchev–Trinajstić information content (AvgIpc) is 2.94. The summed E-state index contributed by atoms with van der Waals surface area (Å²) >= 11 is 0. The van der Waals surface area contributed by atoms with Gasteiger partial charge in [0.25, 0.3) is 0 Å². The molecule has 0 aliphatic carbocycles. The Balaban J connectivity index is 2.13. The van der Waals surface area contributed by atoms with Crippen molar-refractivity contribution in [2.75, 3.05) is 0 Å². The predicted molar refractivity (Wildman–Crippen MR) is 76.5 cm³/mol. The van der Waals surface area contributed by atoms with Gasteiger partial charge in [0.15, 0.2) is 0 Å². The summed E-state index contributed by atoms with van der Waals surface area (Å²) < 4.78 is 14.6. The molecule has 0 bridgehead atoms. The van der Waals surface area contributed by atoms with Crippen molar-refractivity contribution in [2.45, 2.75) is 0 Å². The van der Waals surface area contributed by atoms with Gasteiger partial charge >= 0.3 is 0 Å². The van der Waals surface area contributed by atoms with Gasteiger partial charge in [-0.25, -0.2) is 4.39 Å². The number of aromatic nitrogens is 3. The van der Waals surface area contributed by atoms with Crippen molar-refractivity contribution in [1.82, 2.24) is 15.0 Å². The van der Waals surface area contributed by atoms with E-state index < -0.39 is 0 Å². The Hall–Kier alpha value is -3.00. The zero-order valence-electron chi connectivity index (χ0n) is 11.3. The van der Waals surface area contributed by atoms with E-state index in [2.05, 4.69) is 16.4 Å². The molecule has 4 nitrogen and oxygen atoms in total. The standard InChI is InChI=1S/C16H11FN4/c1-21-10-16(19-20-21)15-8-12(2-3-13(15)9-18)11-4-6-14(17)7-5-11/h2-8,10H,1H3. The summed E-state index contributed by atoms with van der Waals surface area (Å²) in [6.07, 6.45) is 1.75. The molecule has 0 spiro atoms. The van der Waals surface area contributed by atoms with E-state index in [9.17, 15) is 9.65 Å².